The molecule has 0 saturated carbocycles. The van der Waals surface area contributed by atoms with Crippen molar-refractivity contribution in [1.82, 2.24) is 10.2 Å². The second-order valence-corrected chi connectivity index (χ2v) is 4.43. The molecule has 5 nitrogen and oxygen atoms in total. The lowest BCUT2D eigenvalue weighted by Gasteiger charge is -2.10. The van der Waals surface area contributed by atoms with Crippen LogP contribution in [0.1, 0.15) is 5.56 Å². The molecular weight excluding hydrogens is 242 g/mol. The van der Waals surface area contributed by atoms with E-state index in [9.17, 15) is 0 Å². The lowest BCUT2D eigenvalue weighted by molar-refractivity contribution is 0.242. The maximum atomic E-state index is 5.87. The number of para-hydroxylation sites is 1. The van der Waals surface area contributed by atoms with Crippen LogP contribution in [0.2, 0.25) is 0 Å². The molecule has 0 radical (unpaired) electrons. The summed E-state index contributed by atoms with van der Waals surface area (Å²) < 4.78 is 10.9. The first kappa shape index (κ1) is 11.9. The van der Waals surface area contributed by atoms with Crippen molar-refractivity contribution in [2.24, 2.45) is 5.73 Å². The maximum Gasteiger partial charge on any atom is 0.233 e. The molecule has 19 heavy (non-hydrogen) atoms. The van der Waals surface area contributed by atoms with Crippen LogP contribution in [0.5, 0.6) is 11.6 Å². The summed E-state index contributed by atoms with van der Waals surface area (Å²) in [5.41, 5.74) is 8.56. The van der Waals surface area contributed by atoms with Crippen LogP contribution in [0, 0.1) is 0 Å². The van der Waals surface area contributed by atoms with Crippen LogP contribution in [0.15, 0.2) is 30.3 Å². The van der Waals surface area contributed by atoms with E-state index in [1.807, 2.05) is 18.2 Å². The van der Waals surface area contributed by atoms with Crippen LogP contribution in [-0.4, -0.2) is 30.0 Å². The third-order valence-corrected chi connectivity index (χ3v) is 3.22. The van der Waals surface area contributed by atoms with Gasteiger partial charge in [-0.25, -0.2) is 0 Å². The molecule has 1 aliphatic rings. The summed E-state index contributed by atoms with van der Waals surface area (Å²) in [7, 11) is 1.57. The first-order valence-corrected chi connectivity index (χ1v) is 6.18. The fourth-order valence-electron chi connectivity index (χ4n) is 2.24. The molecule has 1 aromatic heterocycles. The Morgan fingerprint density at radius 1 is 1.32 bits per heavy atom. The van der Waals surface area contributed by atoms with Gasteiger partial charge in [0, 0.05) is 24.6 Å². The molecule has 0 amide bonds. The number of hydrogen-bond donors (Lipinski definition) is 1. The number of fused-ring (bicyclic) bond motifs is 1. The highest BCUT2D eigenvalue weighted by Gasteiger charge is 2.25. The maximum absolute atomic E-state index is 5.87. The SMILES string of the molecule is COc1ccc(-c2cccc3c2OC(CN)C3)nn1. The standard InChI is InChI=1S/C14H15N3O2/c1-18-13-6-5-12(16-17-13)11-4-2-3-9-7-10(8-15)19-14(9)11/h2-6,10H,7-8,15H2,1H3. The van der Waals surface area contributed by atoms with E-state index in [0.717, 1.165) is 23.4 Å². The van der Waals surface area contributed by atoms with Gasteiger partial charge in [0.1, 0.15) is 11.9 Å². The van der Waals surface area contributed by atoms with E-state index in [1.54, 1.807) is 13.2 Å². The Balaban J connectivity index is 2.00. The molecular formula is C14H15N3O2. The molecule has 2 N–H and O–H groups in total. The van der Waals surface area contributed by atoms with Gasteiger partial charge in [-0.2, -0.15) is 0 Å². The van der Waals surface area contributed by atoms with Crippen LogP contribution >= 0.6 is 0 Å². The summed E-state index contributed by atoms with van der Waals surface area (Å²) in [6, 6.07) is 9.71. The number of nitrogens with two attached hydrogens (primary N) is 1. The van der Waals surface area contributed by atoms with E-state index in [-0.39, 0.29) is 6.10 Å². The van der Waals surface area contributed by atoms with E-state index < -0.39 is 0 Å². The van der Waals surface area contributed by atoms with Gasteiger partial charge in [0.2, 0.25) is 5.88 Å². The van der Waals surface area contributed by atoms with Crippen molar-refractivity contribution in [2.75, 3.05) is 13.7 Å². The van der Waals surface area contributed by atoms with Gasteiger partial charge in [0.15, 0.2) is 0 Å². The van der Waals surface area contributed by atoms with Gasteiger partial charge < -0.3 is 15.2 Å². The van der Waals surface area contributed by atoms with Gasteiger partial charge in [-0.15, -0.1) is 10.2 Å². The summed E-state index contributed by atoms with van der Waals surface area (Å²) in [4.78, 5) is 0. The monoisotopic (exact) mass is 257 g/mol. The van der Waals surface area contributed by atoms with E-state index in [0.29, 0.717) is 12.4 Å². The first-order chi connectivity index (χ1) is 9.31. The number of hydrogen-bond acceptors (Lipinski definition) is 5. The largest absolute Gasteiger partial charge is 0.488 e. The van der Waals surface area contributed by atoms with Crippen LogP contribution in [0.3, 0.4) is 0 Å². The van der Waals surface area contributed by atoms with Crippen molar-refractivity contribution >= 4 is 0 Å². The van der Waals surface area contributed by atoms with Gasteiger partial charge in [0.05, 0.1) is 12.8 Å². The third-order valence-electron chi connectivity index (χ3n) is 3.22. The summed E-state index contributed by atoms with van der Waals surface area (Å²) in [6.07, 6.45) is 0.908. The molecule has 98 valence electrons. The van der Waals surface area contributed by atoms with E-state index in [1.165, 1.54) is 5.56 Å². The molecule has 0 spiro atoms. The Hall–Kier alpha value is -2.14. The normalized spacial score (nSPS) is 16.8. The molecule has 1 aliphatic heterocycles. The van der Waals surface area contributed by atoms with Crippen LogP contribution < -0.4 is 15.2 Å². The highest BCUT2D eigenvalue weighted by molar-refractivity contribution is 5.70. The zero-order valence-corrected chi connectivity index (χ0v) is 10.7. The van der Waals surface area contributed by atoms with Gasteiger partial charge in [-0.1, -0.05) is 12.1 Å². The Labute approximate surface area is 111 Å². The highest BCUT2D eigenvalue weighted by atomic mass is 16.5. The molecule has 1 aromatic carbocycles. The number of rotatable bonds is 3. The zero-order valence-electron chi connectivity index (χ0n) is 10.7. The number of ether oxygens (including phenoxy) is 2. The van der Waals surface area contributed by atoms with Crippen molar-refractivity contribution in [3.8, 4) is 22.9 Å². The molecule has 0 aliphatic carbocycles. The van der Waals surface area contributed by atoms with Crippen molar-refractivity contribution in [3.63, 3.8) is 0 Å². The lowest BCUT2D eigenvalue weighted by atomic mass is 10.0. The molecule has 5 heteroatoms. The summed E-state index contributed by atoms with van der Waals surface area (Å²) in [5, 5.41) is 8.15. The lowest BCUT2D eigenvalue weighted by Crippen LogP contribution is -2.24. The van der Waals surface area contributed by atoms with E-state index in [2.05, 4.69) is 16.3 Å². The number of nitrogens with zero attached hydrogens (tertiary/aromatic N) is 2. The Bertz CT molecular complexity index is 584. The average molecular weight is 257 g/mol. The Morgan fingerprint density at radius 2 is 2.21 bits per heavy atom. The molecule has 0 fully saturated rings. The van der Waals surface area contributed by atoms with Crippen molar-refractivity contribution in [3.05, 3.63) is 35.9 Å². The van der Waals surface area contributed by atoms with Crippen LogP contribution in [0.4, 0.5) is 0 Å². The second kappa shape index (κ2) is 4.85. The summed E-state index contributed by atoms with van der Waals surface area (Å²) in [5.74, 6) is 1.37. The molecule has 3 rings (SSSR count). The molecule has 2 aromatic rings. The fourth-order valence-corrected chi connectivity index (χ4v) is 2.24. The van der Waals surface area contributed by atoms with Crippen molar-refractivity contribution in [2.45, 2.75) is 12.5 Å². The number of methoxy groups -OCH3 is 1. The van der Waals surface area contributed by atoms with Gasteiger partial charge in [-0.3, -0.25) is 0 Å². The highest BCUT2D eigenvalue weighted by Crippen LogP contribution is 2.37. The summed E-state index contributed by atoms with van der Waals surface area (Å²) in [6.45, 7) is 0.516. The predicted octanol–water partition coefficient (Wildman–Crippen LogP) is 1.41. The average Bonchev–Trinajstić information content (AvgIpc) is 2.90. The molecule has 2 heterocycles. The van der Waals surface area contributed by atoms with Crippen LogP contribution in [-0.2, 0) is 6.42 Å². The van der Waals surface area contributed by atoms with Gasteiger partial charge in [0.25, 0.3) is 0 Å². The number of aromatic nitrogens is 2. The minimum Gasteiger partial charge on any atom is -0.488 e. The third kappa shape index (κ3) is 2.13. The fraction of sp³-hybridized carbons (Fsp3) is 0.286. The van der Waals surface area contributed by atoms with Crippen LogP contribution in [0.25, 0.3) is 11.3 Å². The quantitative estimate of drug-likeness (QED) is 0.900. The molecule has 0 bridgehead atoms. The Morgan fingerprint density at radius 3 is 2.89 bits per heavy atom. The van der Waals surface area contributed by atoms with Crippen molar-refractivity contribution in [1.29, 1.82) is 0 Å². The van der Waals surface area contributed by atoms with Crippen molar-refractivity contribution < 1.29 is 9.47 Å². The Kier molecular flexibility index (Phi) is 3.05. The molecule has 0 saturated heterocycles. The summed E-state index contributed by atoms with van der Waals surface area (Å²) >= 11 is 0. The van der Waals surface area contributed by atoms with Gasteiger partial charge in [-0.05, 0) is 17.7 Å². The molecule has 1 unspecified atom stereocenters. The minimum atomic E-state index is 0.0577. The zero-order chi connectivity index (χ0) is 13.2. The minimum absolute atomic E-state index is 0.0577. The smallest absolute Gasteiger partial charge is 0.233 e. The molecule has 1 atom stereocenters. The van der Waals surface area contributed by atoms with E-state index in [4.69, 9.17) is 15.2 Å². The topological polar surface area (TPSA) is 70.3 Å². The predicted molar refractivity (Wildman–Crippen MR) is 71.2 cm³/mol. The van der Waals surface area contributed by atoms with E-state index >= 15 is 0 Å². The first-order valence-electron chi connectivity index (χ1n) is 6.18. The second-order valence-electron chi connectivity index (χ2n) is 4.43. The van der Waals surface area contributed by atoms with Gasteiger partial charge >= 0.3 is 0 Å². The number of benzene rings is 1.